The van der Waals surface area contributed by atoms with Crippen molar-refractivity contribution in [2.75, 3.05) is 12.4 Å². The number of benzene rings is 4. The van der Waals surface area contributed by atoms with E-state index in [0.29, 0.717) is 11.3 Å². The summed E-state index contributed by atoms with van der Waals surface area (Å²) in [6.45, 7) is 5.23. The molecule has 0 spiro atoms. The Hall–Kier alpha value is -5.70. The molecule has 2 atom stereocenters. The topological polar surface area (TPSA) is 123 Å². The minimum Gasteiger partial charge on any atom is -0.465 e. The van der Waals surface area contributed by atoms with Gasteiger partial charge in [-0.1, -0.05) is 97.1 Å². The number of hydrogen-bond acceptors (Lipinski definition) is 6. The van der Waals surface area contributed by atoms with Gasteiger partial charge in [-0.25, -0.2) is 9.59 Å². The van der Waals surface area contributed by atoms with Gasteiger partial charge in [-0.15, -0.1) is 0 Å². The maximum absolute atomic E-state index is 13.7. The molecule has 0 aliphatic rings. The normalized spacial score (nSPS) is 12.4. The lowest BCUT2D eigenvalue weighted by atomic mass is 10.0. The van der Waals surface area contributed by atoms with Crippen molar-refractivity contribution in [3.8, 4) is 0 Å². The van der Waals surface area contributed by atoms with Crippen LogP contribution in [0.2, 0.25) is 0 Å². The average molecular weight is 648 g/mol. The molecule has 9 nitrogen and oxygen atoms in total. The van der Waals surface area contributed by atoms with Gasteiger partial charge in [0.25, 0.3) is 0 Å². The molecule has 0 saturated carbocycles. The number of rotatable bonds is 12. The number of carbonyl (C=O) groups is 4. The van der Waals surface area contributed by atoms with Crippen molar-refractivity contribution in [1.82, 2.24) is 10.6 Å². The fourth-order valence-corrected chi connectivity index (χ4v) is 4.79. The van der Waals surface area contributed by atoms with Crippen molar-refractivity contribution in [1.29, 1.82) is 0 Å². The van der Waals surface area contributed by atoms with Crippen LogP contribution in [0, 0.1) is 0 Å². The molecule has 9 heteroatoms. The first kappa shape index (κ1) is 35.2. The van der Waals surface area contributed by atoms with Crippen molar-refractivity contribution in [3.05, 3.63) is 137 Å². The van der Waals surface area contributed by atoms with Crippen LogP contribution in [-0.4, -0.2) is 48.7 Å². The van der Waals surface area contributed by atoms with Crippen molar-refractivity contribution in [2.24, 2.45) is 0 Å². The molecule has 4 aromatic carbocycles. The van der Waals surface area contributed by atoms with Gasteiger partial charge in [0.2, 0.25) is 11.8 Å². The number of hydrogen-bond donors (Lipinski definition) is 3. The number of nitrogens with one attached hydrogen (secondary N) is 3. The number of alkyl carbamates (subject to hydrolysis) is 1. The molecule has 0 heterocycles. The highest BCUT2D eigenvalue weighted by atomic mass is 16.6. The zero-order chi connectivity index (χ0) is 34.5. The van der Waals surface area contributed by atoms with Crippen LogP contribution >= 0.6 is 0 Å². The summed E-state index contributed by atoms with van der Waals surface area (Å²) in [6, 6.07) is 31.1. The van der Waals surface area contributed by atoms with Crippen molar-refractivity contribution < 1.29 is 28.7 Å². The van der Waals surface area contributed by atoms with Gasteiger partial charge in [0.15, 0.2) is 0 Å². The second-order valence-electron chi connectivity index (χ2n) is 12.2. The van der Waals surface area contributed by atoms with E-state index < -0.39 is 41.6 Å². The Morgan fingerprint density at radius 3 is 1.60 bits per heavy atom. The summed E-state index contributed by atoms with van der Waals surface area (Å²) >= 11 is 0. The van der Waals surface area contributed by atoms with Crippen molar-refractivity contribution in [2.45, 2.75) is 51.3 Å². The van der Waals surface area contributed by atoms with Gasteiger partial charge in [-0.05, 0) is 67.3 Å². The van der Waals surface area contributed by atoms with Crippen LogP contribution in [0.1, 0.15) is 53.4 Å². The van der Waals surface area contributed by atoms with Crippen LogP contribution in [0.3, 0.4) is 0 Å². The SMILES string of the molecule is COC(=O)c1ccc(/C=C/c2ccc(NC(=O)[C@H](Cc3ccccc3)NC(=O)[C@H](Cc3ccccc3)NC(=O)OC(C)(C)C)cc2)cc1. The van der Waals surface area contributed by atoms with E-state index in [1.165, 1.54) is 7.11 Å². The first-order chi connectivity index (χ1) is 23.0. The second kappa shape index (κ2) is 16.7. The van der Waals surface area contributed by atoms with Crippen LogP contribution in [0.5, 0.6) is 0 Å². The van der Waals surface area contributed by atoms with Crippen LogP contribution in [0.4, 0.5) is 10.5 Å². The molecule has 3 N–H and O–H groups in total. The number of methoxy groups -OCH3 is 1. The molecule has 4 aromatic rings. The fourth-order valence-electron chi connectivity index (χ4n) is 4.79. The summed E-state index contributed by atoms with van der Waals surface area (Å²) in [5, 5.41) is 8.48. The highest BCUT2D eigenvalue weighted by Gasteiger charge is 2.29. The van der Waals surface area contributed by atoms with Crippen molar-refractivity contribution in [3.63, 3.8) is 0 Å². The summed E-state index contributed by atoms with van der Waals surface area (Å²) < 4.78 is 10.2. The molecule has 0 aliphatic heterocycles. The average Bonchev–Trinajstić information content (AvgIpc) is 3.07. The monoisotopic (exact) mass is 647 g/mol. The highest BCUT2D eigenvalue weighted by molar-refractivity contribution is 5.98. The third-order valence-corrected chi connectivity index (χ3v) is 7.18. The van der Waals surface area contributed by atoms with E-state index in [1.807, 2.05) is 97.1 Å². The lowest BCUT2D eigenvalue weighted by Gasteiger charge is -2.25. The zero-order valence-corrected chi connectivity index (χ0v) is 27.6. The van der Waals surface area contributed by atoms with E-state index in [0.717, 1.165) is 22.3 Å². The van der Waals surface area contributed by atoms with Gasteiger partial charge in [0.05, 0.1) is 12.7 Å². The standard InChI is InChI=1S/C39H41N3O6/c1-39(2,3)48-38(46)42-34(26-30-13-9-6-10-14-30)36(44)41-33(25-29-11-7-5-8-12-29)35(43)40-32-23-19-28(20-24-32)16-15-27-17-21-31(22-18-27)37(45)47-4/h5-24,33-34H,25-26H2,1-4H3,(H,40,43)(H,41,44)(H,42,46)/b16-15+/t33-,34-/m0/s1. The quantitative estimate of drug-likeness (QED) is 0.120. The third-order valence-electron chi connectivity index (χ3n) is 7.18. The van der Waals surface area contributed by atoms with Crippen LogP contribution in [0.15, 0.2) is 109 Å². The smallest absolute Gasteiger partial charge is 0.408 e. The van der Waals surface area contributed by atoms with E-state index in [9.17, 15) is 19.2 Å². The minimum absolute atomic E-state index is 0.204. The third kappa shape index (κ3) is 11.3. The Labute approximate surface area is 281 Å². The first-order valence-corrected chi connectivity index (χ1v) is 15.6. The Morgan fingerprint density at radius 2 is 1.12 bits per heavy atom. The van der Waals surface area contributed by atoms with Gasteiger partial charge >= 0.3 is 12.1 Å². The molecule has 0 fully saturated rings. The molecule has 0 saturated heterocycles. The molecular weight excluding hydrogens is 606 g/mol. The predicted molar refractivity (Wildman–Crippen MR) is 187 cm³/mol. The van der Waals surface area contributed by atoms with E-state index in [2.05, 4.69) is 16.0 Å². The van der Waals surface area contributed by atoms with E-state index in [1.54, 1.807) is 45.0 Å². The molecule has 48 heavy (non-hydrogen) atoms. The summed E-state index contributed by atoms with van der Waals surface area (Å²) in [4.78, 5) is 51.7. The number of carbonyl (C=O) groups excluding carboxylic acids is 4. The molecule has 3 amide bonds. The molecule has 4 rings (SSSR count). The Bertz CT molecular complexity index is 1700. The summed E-state index contributed by atoms with van der Waals surface area (Å²) in [5.74, 6) is -1.31. The lowest BCUT2D eigenvalue weighted by molar-refractivity contribution is -0.127. The summed E-state index contributed by atoms with van der Waals surface area (Å²) in [7, 11) is 1.34. The number of anilines is 1. The van der Waals surface area contributed by atoms with Gasteiger partial charge in [0.1, 0.15) is 17.7 Å². The largest absolute Gasteiger partial charge is 0.465 e. The minimum atomic E-state index is -0.990. The highest BCUT2D eigenvalue weighted by Crippen LogP contribution is 2.16. The molecule has 0 radical (unpaired) electrons. The zero-order valence-electron chi connectivity index (χ0n) is 27.6. The van der Waals surface area contributed by atoms with Gasteiger partial charge in [0, 0.05) is 18.5 Å². The van der Waals surface area contributed by atoms with Crippen LogP contribution in [-0.2, 0) is 31.9 Å². The fraction of sp³-hybridized carbons (Fsp3) is 0.231. The lowest BCUT2D eigenvalue weighted by Crippen LogP contribution is -2.54. The molecular formula is C39H41N3O6. The summed E-state index contributed by atoms with van der Waals surface area (Å²) in [5.41, 5.74) is 3.78. The van der Waals surface area contributed by atoms with E-state index in [-0.39, 0.29) is 12.8 Å². The molecule has 0 bridgehead atoms. The van der Waals surface area contributed by atoms with Crippen LogP contribution < -0.4 is 16.0 Å². The summed E-state index contributed by atoms with van der Waals surface area (Å²) in [6.07, 6.45) is 3.54. The van der Waals surface area contributed by atoms with Gasteiger partial charge in [-0.3, -0.25) is 9.59 Å². The Kier molecular flexibility index (Phi) is 12.3. The Morgan fingerprint density at radius 1 is 0.646 bits per heavy atom. The maximum Gasteiger partial charge on any atom is 0.408 e. The van der Waals surface area contributed by atoms with Crippen LogP contribution in [0.25, 0.3) is 12.2 Å². The maximum atomic E-state index is 13.7. The molecule has 0 unspecified atom stereocenters. The van der Waals surface area contributed by atoms with Crippen molar-refractivity contribution >= 4 is 41.7 Å². The van der Waals surface area contributed by atoms with Gasteiger partial charge in [-0.2, -0.15) is 0 Å². The van der Waals surface area contributed by atoms with E-state index in [4.69, 9.17) is 9.47 Å². The van der Waals surface area contributed by atoms with Gasteiger partial charge < -0.3 is 25.4 Å². The van der Waals surface area contributed by atoms with E-state index >= 15 is 0 Å². The number of esters is 1. The second-order valence-corrected chi connectivity index (χ2v) is 12.2. The number of ether oxygens (including phenoxy) is 2. The Balaban J connectivity index is 1.47. The molecule has 248 valence electrons. The first-order valence-electron chi connectivity index (χ1n) is 15.6. The molecule has 0 aromatic heterocycles. The number of amides is 3. The molecule has 0 aliphatic carbocycles. The predicted octanol–water partition coefficient (Wildman–Crippen LogP) is 6.45.